The van der Waals surface area contributed by atoms with Gasteiger partial charge in [-0.2, -0.15) is 0 Å². The number of rotatable bonds is 4. The minimum atomic E-state index is -0.386. The van der Waals surface area contributed by atoms with E-state index in [1.807, 2.05) is 77.8 Å². The minimum absolute atomic E-state index is 0.102. The van der Waals surface area contributed by atoms with Crippen molar-refractivity contribution in [3.8, 4) is 0 Å². The number of hydrogen-bond donors (Lipinski definition) is 1. The summed E-state index contributed by atoms with van der Waals surface area (Å²) in [6.45, 7) is 0. The molecule has 5 rings (SSSR count). The standard InChI is InChI=1S/C23H20N2O2/c26-23-21(20-15-16-9-7-8-14-19(16)22(20)27-23)24-25(17-10-3-1-4-11-17)18-12-5-2-6-13-18/h1-14,20-22,24H,15H2/t20-,21?,22-/m0/s1. The summed E-state index contributed by atoms with van der Waals surface area (Å²) >= 11 is 0. The molecule has 0 saturated carbocycles. The van der Waals surface area contributed by atoms with Crippen molar-refractivity contribution in [3.05, 3.63) is 96.1 Å². The Balaban J connectivity index is 1.48. The van der Waals surface area contributed by atoms with Crippen LogP contribution in [0.25, 0.3) is 0 Å². The number of ether oxygens (including phenoxy) is 1. The van der Waals surface area contributed by atoms with Crippen molar-refractivity contribution in [2.75, 3.05) is 5.01 Å². The number of fused-ring (bicyclic) bond motifs is 3. The number of hydrazine groups is 1. The normalized spacial score (nSPS) is 22.8. The van der Waals surface area contributed by atoms with Gasteiger partial charge < -0.3 is 4.74 Å². The van der Waals surface area contributed by atoms with Crippen LogP contribution < -0.4 is 10.4 Å². The van der Waals surface area contributed by atoms with Crippen LogP contribution in [-0.4, -0.2) is 12.0 Å². The number of hydrogen-bond acceptors (Lipinski definition) is 4. The molecule has 1 aliphatic carbocycles. The van der Waals surface area contributed by atoms with Crippen molar-refractivity contribution < 1.29 is 9.53 Å². The summed E-state index contributed by atoms with van der Waals surface area (Å²) < 4.78 is 5.77. The van der Waals surface area contributed by atoms with E-state index >= 15 is 0 Å². The van der Waals surface area contributed by atoms with Gasteiger partial charge in [-0.05, 0) is 41.8 Å². The van der Waals surface area contributed by atoms with Gasteiger partial charge in [0.1, 0.15) is 12.1 Å². The van der Waals surface area contributed by atoms with Crippen LogP contribution in [0.2, 0.25) is 0 Å². The van der Waals surface area contributed by atoms with Gasteiger partial charge in [-0.1, -0.05) is 60.7 Å². The summed E-state index contributed by atoms with van der Waals surface area (Å²) in [5.41, 5.74) is 7.85. The average molecular weight is 356 g/mol. The molecule has 3 atom stereocenters. The molecule has 134 valence electrons. The molecule has 2 aliphatic rings. The fourth-order valence-corrected chi connectivity index (χ4v) is 4.15. The van der Waals surface area contributed by atoms with Gasteiger partial charge in [-0.3, -0.25) is 9.80 Å². The van der Waals surface area contributed by atoms with E-state index in [4.69, 9.17) is 4.74 Å². The van der Waals surface area contributed by atoms with Gasteiger partial charge >= 0.3 is 5.97 Å². The Labute approximate surface area is 158 Å². The van der Waals surface area contributed by atoms with Crippen molar-refractivity contribution >= 4 is 17.3 Å². The van der Waals surface area contributed by atoms with E-state index in [0.717, 1.165) is 23.4 Å². The highest BCUT2D eigenvalue weighted by Gasteiger charge is 2.50. The lowest BCUT2D eigenvalue weighted by Crippen LogP contribution is -2.47. The van der Waals surface area contributed by atoms with Crippen LogP contribution in [0.1, 0.15) is 17.2 Å². The molecule has 0 bridgehead atoms. The molecule has 0 spiro atoms. The van der Waals surface area contributed by atoms with Crippen LogP contribution in [0, 0.1) is 5.92 Å². The van der Waals surface area contributed by atoms with Crippen molar-refractivity contribution in [2.24, 2.45) is 5.92 Å². The molecule has 0 amide bonds. The second-order valence-corrected chi connectivity index (χ2v) is 7.04. The minimum Gasteiger partial charge on any atom is -0.456 e. The maximum atomic E-state index is 12.7. The van der Waals surface area contributed by atoms with Crippen LogP contribution >= 0.6 is 0 Å². The average Bonchev–Trinajstić information content (AvgIpc) is 3.22. The SMILES string of the molecule is O=C1O[C@H]2c3ccccc3C[C@H]2C1NN(c1ccccc1)c1ccccc1. The number of nitrogens with zero attached hydrogens (tertiary/aromatic N) is 1. The Bertz CT molecular complexity index is 919. The Morgan fingerprint density at radius 3 is 2.07 bits per heavy atom. The highest BCUT2D eigenvalue weighted by Crippen LogP contribution is 2.45. The zero-order valence-electron chi connectivity index (χ0n) is 14.8. The Hall–Kier alpha value is -3.11. The first-order chi connectivity index (χ1) is 13.3. The zero-order valence-corrected chi connectivity index (χ0v) is 14.8. The molecule has 4 heteroatoms. The van der Waals surface area contributed by atoms with Crippen molar-refractivity contribution in [1.29, 1.82) is 0 Å². The van der Waals surface area contributed by atoms with Gasteiger partial charge in [0.15, 0.2) is 0 Å². The maximum absolute atomic E-state index is 12.7. The number of anilines is 2. The number of nitrogens with one attached hydrogen (secondary N) is 1. The second kappa shape index (κ2) is 6.56. The quantitative estimate of drug-likeness (QED) is 0.563. The van der Waals surface area contributed by atoms with E-state index in [2.05, 4.69) is 17.6 Å². The smallest absolute Gasteiger partial charge is 0.326 e. The number of carbonyl (C=O) groups is 1. The molecule has 1 saturated heterocycles. The van der Waals surface area contributed by atoms with E-state index in [-0.39, 0.29) is 24.0 Å². The Morgan fingerprint density at radius 1 is 0.815 bits per heavy atom. The first-order valence-electron chi connectivity index (χ1n) is 9.26. The summed E-state index contributed by atoms with van der Waals surface area (Å²) in [5, 5.41) is 1.98. The lowest BCUT2D eigenvalue weighted by molar-refractivity contribution is -0.143. The number of benzene rings is 3. The van der Waals surface area contributed by atoms with E-state index in [1.54, 1.807) is 0 Å². The molecular weight excluding hydrogens is 336 g/mol. The summed E-state index contributed by atoms with van der Waals surface area (Å²) in [4.78, 5) is 12.7. The topological polar surface area (TPSA) is 41.6 Å². The summed E-state index contributed by atoms with van der Waals surface area (Å²) in [6.07, 6.45) is 0.696. The van der Waals surface area contributed by atoms with Crippen LogP contribution in [0.4, 0.5) is 11.4 Å². The van der Waals surface area contributed by atoms with E-state index in [0.29, 0.717) is 0 Å². The molecule has 1 fully saturated rings. The fraction of sp³-hybridized carbons (Fsp3) is 0.174. The molecular formula is C23H20N2O2. The van der Waals surface area contributed by atoms with E-state index in [1.165, 1.54) is 5.56 Å². The van der Waals surface area contributed by atoms with Crippen LogP contribution in [0.15, 0.2) is 84.9 Å². The first kappa shape index (κ1) is 16.1. The maximum Gasteiger partial charge on any atom is 0.326 e. The molecule has 1 unspecified atom stereocenters. The molecule has 4 nitrogen and oxygen atoms in total. The van der Waals surface area contributed by atoms with Crippen LogP contribution in [0.3, 0.4) is 0 Å². The van der Waals surface area contributed by atoms with Gasteiger partial charge in [0, 0.05) is 5.92 Å². The van der Waals surface area contributed by atoms with Gasteiger partial charge in [0.2, 0.25) is 0 Å². The number of carbonyl (C=O) groups excluding carboxylic acids is 1. The van der Waals surface area contributed by atoms with Gasteiger partial charge in [-0.25, -0.2) is 5.43 Å². The Kier molecular flexibility index (Phi) is 3.91. The molecule has 3 aromatic rings. The van der Waals surface area contributed by atoms with E-state index < -0.39 is 0 Å². The van der Waals surface area contributed by atoms with Crippen LogP contribution in [-0.2, 0) is 16.0 Å². The first-order valence-corrected chi connectivity index (χ1v) is 9.26. The molecule has 1 aliphatic heterocycles. The highest BCUT2D eigenvalue weighted by molar-refractivity contribution is 5.80. The van der Waals surface area contributed by atoms with E-state index in [9.17, 15) is 4.79 Å². The monoisotopic (exact) mass is 356 g/mol. The summed E-state index contributed by atoms with van der Waals surface area (Å²) in [5.74, 6) is -0.0822. The molecule has 0 aromatic heterocycles. The predicted molar refractivity (Wildman–Crippen MR) is 104 cm³/mol. The van der Waals surface area contributed by atoms with Crippen LogP contribution in [0.5, 0.6) is 0 Å². The van der Waals surface area contributed by atoms with Gasteiger partial charge in [-0.15, -0.1) is 0 Å². The van der Waals surface area contributed by atoms with Crippen molar-refractivity contribution in [2.45, 2.75) is 18.6 Å². The number of esters is 1. The second-order valence-electron chi connectivity index (χ2n) is 7.04. The molecule has 27 heavy (non-hydrogen) atoms. The zero-order chi connectivity index (χ0) is 18.2. The lowest BCUT2D eigenvalue weighted by Gasteiger charge is -2.29. The molecule has 0 radical (unpaired) electrons. The molecule has 3 aromatic carbocycles. The summed E-state index contributed by atoms with van der Waals surface area (Å²) in [7, 11) is 0. The fourth-order valence-electron chi connectivity index (χ4n) is 4.15. The van der Waals surface area contributed by atoms with Crippen molar-refractivity contribution in [3.63, 3.8) is 0 Å². The van der Waals surface area contributed by atoms with Gasteiger partial charge in [0.25, 0.3) is 0 Å². The summed E-state index contributed by atoms with van der Waals surface area (Å²) in [6, 6.07) is 27.9. The third kappa shape index (κ3) is 2.78. The van der Waals surface area contributed by atoms with Crippen molar-refractivity contribution in [1.82, 2.24) is 5.43 Å². The highest BCUT2D eigenvalue weighted by atomic mass is 16.6. The lowest BCUT2D eigenvalue weighted by atomic mass is 9.98. The third-order valence-electron chi connectivity index (χ3n) is 5.43. The van der Waals surface area contributed by atoms with Gasteiger partial charge in [0.05, 0.1) is 11.4 Å². The Morgan fingerprint density at radius 2 is 1.41 bits per heavy atom. The largest absolute Gasteiger partial charge is 0.456 e. The predicted octanol–water partition coefficient (Wildman–Crippen LogP) is 4.17. The number of para-hydroxylation sites is 2. The third-order valence-corrected chi connectivity index (χ3v) is 5.43. The molecule has 1 heterocycles. The molecule has 1 N–H and O–H groups in total.